The molecule has 5 nitrogen and oxygen atoms in total. The normalized spacial score (nSPS) is 24.8. The van der Waals surface area contributed by atoms with Gasteiger partial charge in [0.25, 0.3) is 0 Å². The number of hydrogen-bond acceptors (Lipinski definition) is 3. The van der Waals surface area contributed by atoms with Crippen LogP contribution in [0.25, 0.3) is 22.0 Å². The predicted octanol–water partition coefficient (Wildman–Crippen LogP) is 4.59. The van der Waals surface area contributed by atoms with Gasteiger partial charge in [0.2, 0.25) is 0 Å². The molecule has 0 saturated carbocycles. The maximum Gasteiger partial charge on any atom is 0.150 e. The Kier molecular flexibility index (Phi) is 4.52. The molecule has 2 aliphatic heterocycles. The first kappa shape index (κ1) is 18.0. The minimum absolute atomic E-state index is 0.0941. The molecule has 3 aromatic rings. The van der Waals surface area contributed by atoms with Crippen molar-refractivity contribution in [3.8, 4) is 11.1 Å². The molecule has 5 rings (SSSR count). The summed E-state index contributed by atoms with van der Waals surface area (Å²) in [6, 6.07) is 9.00. The lowest BCUT2D eigenvalue weighted by Crippen LogP contribution is -2.31. The number of rotatable bonds is 4. The molecule has 2 atom stereocenters. The summed E-state index contributed by atoms with van der Waals surface area (Å²) in [5.74, 6) is 0.694. The molecule has 148 valence electrons. The van der Waals surface area contributed by atoms with Crippen molar-refractivity contribution in [2.45, 2.75) is 57.8 Å². The van der Waals surface area contributed by atoms with Crippen LogP contribution in [0.15, 0.2) is 42.9 Å². The van der Waals surface area contributed by atoms with Crippen molar-refractivity contribution in [1.29, 1.82) is 0 Å². The van der Waals surface area contributed by atoms with E-state index in [1.807, 2.05) is 10.9 Å². The minimum Gasteiger partial charge on any atom is -0.357 e. The molecule has 4 heterocycles. The van der Waals surface area contributed by atoms with Crippen molar-refractivity contribution >= 4 is 10.9 Å². The number of fused-ring (bicyclic) bond motifs is 1. The van der Waals surface area contributed by atoms with Crippen LogP contribution in [0.1, 0.15) is 45.8 Å². The average Bonchev–Trinajstić information content (AvgIpc) is 3.41. The van der Waals surface area contributed by atoms with Crippen LogP contribution in [0.4, 0.5) is 0 Å². The van der Waals surface area contributed by atoms with Gasteiger partial charge in [0.05, 0.1) is 6.20 Å². The quantitative estimate of drug-likeness (QED) is 0.722. The first-order chi connectivity index (χ1) is 13.6. The maximum absolute atomic E-state index is 5.86. The third-order valence-corrected chi connectivity index (χ3v) is 6.28. The topological polar surface area (TPSA) is 44.0 Å². The summed E-state index contributed by atoms with van der Waals surface area (Å²) in [6.45, 7) is 7.62. The van der Waals surface area contributed by atoms with Crippen molar-refractivity contribution in [2.24, 2.45) is 5.92 Å². The minimum atomic E-state index is 0.0941. The van der Waals surface area contributed by atoms with Gasteiger partial charge >= 0.3 is 0 Å². The van der Waals surface area contributed by atoms with Crippen LogP contribution in [0, 0.1) is 5.92 Å². The zero-order valence-corrected chi connectivity index (χ0v) is 16.9. The monoisotopic (exact) mass is 378 g/mol. The number of hydrogen-bond donors (Lipinski definition) is 1. The predicted molar refractivity (Wildman–Crippen MR) is 112 cm³/mol. The highest BCUT2D eigenvalue weighted by atomic mass is 16.5. The Morgan fingerprint density at radius 1 is 1.21 bits per heavy atom. The Morgan fingerprint density at radius 2 is 2.14 bits per heavy atom. The first-order valence-electron chi connectivity index (χ1n) is 10.6. The molecule has 28 heavy (non-hydrogen) atoms. The molecule has 0 amide bonds. The van der Waals surface area contributed by atoms with E-state index in [4.69, 9.17) is 4.74 Å². The molecule has 2 aliphatic rings. The van der Waals surface area contributed by atoms with Gasteiger partial charge < -0.3 is 14.6 Å². The average molecular weight is 379 g/mol. The summed E-state index contributed by atoms with van der Waals surface area (Å²) < 4.78 is 10.3. The largest absolute Gasteiger partial charge is 0.357 e. The highest BCUT2D eigenvalue weighted by Gasteiger charge is 2.30. The van der Waals surface area contributed by atoms with Gasteiger partial charge in [-0.05, 0) is 69.2 Å². The van der Waals surface area contributed by atoms with E-state index in [0.29, 0.717) is 5.92 Å². The third kappa shape index (κ3) is 3.49. The van der Waals surface area contributed by atoms with Gasteiger partial charge in [0.15, 0.2) is 0 Å². The summed E-state index contributed by atoms with van der Waals surface area (Å²) in [6.07, 6.45) is 11.1. The molecule has 2 fully saturated rings. The molecular weight excluding hydrogens is 348 g/mol. The summed E-state index contributed by atoms with van der Waals surface area (Å²) in [4.78, 5) is 0. The van der Waals surface area contributed by atoms with Crippen LogP contribution in [-0.4, -0.2) is 33.0 Å². The van der Waals surface area contributed by atoms with Crippen LogP contribution in [0.5, 0.6) is 0 Å². The maximum atomic E-state index is 5.86. The number of nitrogens with one attached hydrogen (secondary N) is 1. The fourth-order valence-electron chi connectivity index (χ4n) is 4.81. The van der Waals surface area contributed by atoms with E-state index >= 15 is 0 Å². The summed E-state index contributed by atoms with van der Waals surface area (Å²) in [7, 11) is 0. The van der Waals surface area contributed by atoms with Crippen molar-refractivity contribution in [2.75, 3.05) is 13.2 Å². The summed E-state index contributed by atoms with van der Waals surface area (Å²) in [5, 5.41) is 9.49. The molecule has 5 heteroatoms. The Balaban J connectivity index is 1.35. The van der Waals surface area contributed by atoms with Gasteiger partial charge in [0, 0.05) is 54.1 Å². The Hall–Kier alpha value is -2.11. The van der Waals surface area contributed by atoms with E-state index < -0.39 is 0 Å². The molecule has 1 aromatic carbocycles. The fraction of sp³-hybridized carbons (Fsp3) is 0.522. The number of nitrogens with zero attached hydrogens (tertiary/aromatic N) is 3. The first-order valence-corrected chi connectivity index (χ1v) is 10.6. The molecule has 2 aromatic heterocycles. The molecule has 1 N–H and O–H groups in total. The Morgan fingerprint density at radius 3 is 2.93 bits per heavy atom. The van der Waals surface area contributed by atoms with Gasteiger partial charge in [0.1, 0.15) is 6.23 Å². The Labute approximate surface area is 166 Å². The van der Waals surface area contributed by atoms with Gasteiger partial charge in [-0.3, -0.25) is 0 Å². The fourth-order valence-corrected chi connectivity index (χ4v) is 4.81. The van der Waals surface area contributed by atoms with Crippen molar-refractivity contribution in [3.05, 3.63) is 42.9 Å². The van der Waals surface area contributed by atoms with Crippen molar-refractivity contribution < 1.29 is 4.74 Å². The van der Waals surface area contributed by atoms with Crippen LogP contribution in [0.3, 0.4) is 0 Å². The van der Waals surface area contributed by atoms with Crippen molar-refractivity contribution in [1.82, 2.24) is 19.7 Å². The SMILES string of the molecule is CC1(C)CC(Cn2ccc3cc(-c4cnn(C5CCCCO5)c4)ccc32)CN1. The van der Waals surface area contributed by atoms with Gasteiger partial charge in [-0.15, -0.1) is 0 Å². The van der Waals surface area contributed by atoms with E-state index in [-0.39, 0.29) is 11.8 Å². The number of aromatic nitrogens is 3. The summed E-state index contributed by atoms with van der Waals surface area (Å²) in [5.41, 5.74) is 3.96. The van der Waals surface area contributed by atoms with Gasteiger partial charge in [-0.25, -0.2) is 4.68 Å². The standard InChI is InChI=1S/C23H30N4O/c1-23(2)12-17(13-24-23)15-26-9-8-19-11-18(6-7-21(19)26)20-14-25-27(16-20)22-5-3-4-10-28-22/h6-9,11,14,16-17,22,24H,3-5,10,12-13,15H2,1-2H3. The van der Waals surface area contributed by atoms with E-state index in [1.54, 1.807) is 0 Å². The smallest absolute Gasteiger partial charge is 0.150 e. The molecule has 0 spiro atoms. The molecule has 2 unspecified atom stereocenters. The van der Waals surface area contributed by atoms with Gasteiger partial charge in [-0.2, -0.15) is 5.10 Å². The number of ether oxygens (including phenoxy) is 1. The molecule has 0 aliphatic carbocycles. The second-order valence-corrected chi connectivity index (χ2v) is 9.11. The highest BCUT2D eigenvalue weighted by Crippen LogP contribution is 2.30. The van der Waals surface area contributed by atoms with E-state index in [9.17, 15) is 0 Å². The third-order valence-electron chi connectivity index (χ3n) is 6.28. The molecule has 2 saturated heterocycles. The zero-order chi connectivity index (χ0) is 19.1. The second kappa shape index (κ2) is 7.05. The molecule has 0 bridgehead atoms. The Bertz CT molecular complexity index is 964. The van der Waals surface area contributed by atoms with Crippen LogP contribution in [0.2, 0.25) is 0 Å². The molecular formula is C23H30N4O. The second-order valence-electron chi connectivity index (χ2n) is 9.11. The van der Waals surface area contributed by atoms with Gasteiger partial charge in [-0.1, -0.05) is 6.07 Å². The molecule has 0 radical (unpaired) electrons. The highest BCUT2D eigenvalue weighted by molar-refractivity contribution is 5.85. The number of benzene rings is 1. The van der Waals surface area contributed by atoms with Crippen LogP contribution in [-0.2, 0) is 11.3 Å². The lowest BCUT2D eigenvalue weighted by molar-refractivity contribution is -0.0394. The zero-order valence-electron chi connectivity index (χ0n) is 16.9. The van der Waals surface area contributed by atoms with Crippen molar-refractivity contribution in [3.63, 3.8) is 0 Å². The van der Waals surface area contributed by atoms with Crippen LogP contribution >= 0.6 is 0 Å². The van der Waals surface area contributed by atoms with E-state index in [1.165, 1.54) is 29.3 Å². The van der Waals surface area contributed by atoms with Crippen LogP contribution < -0.4 is 5.32 Å². The summed E-state index contributed by atoms with van der Waals surface area (Å²) >= 11 is 0. The lowest BCUT2D eigenvalue weighted by atomic mass is 9.97. The lowest BCUT2D eigenvalue weighted by Gasteiger charge is -2.22. The van der Waals surface area contributed by atoms with E-state index in [0.717, 1.165) is 38.1 Å². The van der Waals surface area contributed by atoms with E-state index in [2.05, 4.69) is 65.5 Å².